The zero-order valence-corrected chi connectivity index (χ0v) is 11.6. The molecule has 0 amide bonds. The Morgan fingerprint density at radius 1 is 1.50 bits per heavy atom. The van der Waals surface area contributed by atoms with Crippen LogP contribution in [0, 0.1) is 5.92 Å². The van der Waals surface area contributed by atoms with Crippen molar-refractivity contribution >= 4 is 11.8 Å². The lowest BCUT2D eigenvalue weighted by atomic mass is 10.0. The molecule has 0 aliphatic heterocycles. The van der Waals surface area contributed by atoms with E-state index in [9.17, 15) is 4.79 Å². The van der Waals surface area contributed by atoms with E-state index in [2.05, 4.69) is 31.1 Å². The topological polar surface area (TPSA) is 51.2 Å². The lowest BCUT2D eigenvalue weighted by Crippen LogP contribution is -2.21. The molecule has 0 saturated carbocycles. The van der Waals surface area contributed by atoms with Gasteiger partial charge in [0.1, 0.15) is 11.4 Å². The number of hydrogen-bond donors (Lipinski definition) is 1. The Morgan fingerprint density at radius 2 is 2.22 bits per heavy atom. The van der Waals surface area contributed by atoms with Gasteiger partial charge in [0.15, 0.2) is 0 Å². The number of methoxy groups -OCH3 is 1. The molecule has 4 heteroatoms. The fraction of sp³-hybridized carbons (Fsp3) is 0.571. The first-order valence-corrected chi connectivity index (χ1v) is 6.38. The summed E-state index contributed by atoms with van der Waals surface area (Å²) in [4.78, 5) is 15.8. The first-order chi connectivity index (χ1) is 8.58. The fourth-order valence-electron chi connectivity index (χ4n) is 1.86. The molecule has 1 heterocycles. The molecule has 0 aromatic carbocycles. The Kier molecular flexibility index (Phi) is 5.62. The van der Waals surface area contributed by atoms with Crippen LogP contribution in [-0.2, 0) is 4.74 Å². The summed E-state index contributed by atoms with van der Waals surface area (Å²) in [6.07, 6.45) is 3.87. The number of aromatic nitrogens is 1. The molecule has 1 N–H and O–H groups in total. The molecule has 100 valence electrons. The number of carbonyl (C=O) groups excluding carboxylic acids is 1. The van der Waals surface area contributed by atoms with Gasteiger partial charge in [-0.1, -0.05) is 20.3 Å². The number of pyridine rings is 1. The maximum atomic E-state index is 11.6. The average Bonchev–Trinajstić information content (AvgIpc) is 2.38. The molecule has 0 radical (unpaired) electrons. The third-order valence-corrected chi connectivity index (χ3v) is 3.05. The van der Waals surface area contributed by atoms with Crippen LogP contribution in [0.5, 0.6) is 0 Å². The van der Waals surface area contributed by atoms with Gasteiger partial charge in [0.05, 0.1) is 7.11 Å². The van der Waals surface area contributed by atoms with Gasteiger partial charge in [-0.3, -0.25) is 0 Å². The molecule has 1 aromatic heterocycles. The van der Waals surface area contributed by atoms with Gasteiger partial charge in [-0.25, -0.2) is 9.78 Å². The molecule has 0 saturated heterocycles. The zero-order chi connectivity index (χ0) is 13.5. The van der Waals surface area contributed by atoms with Crippen molar-refractivity contribution < 1.29 is 9.53 Å². The SMILES string of the molecule is CCC(C)CC(C)Nc1ncccc1C(=O)OC. The van der Waals surface area contributed by atoms with Crippen LogP contribution in [0.15, 0.2) is 18.3 Å². The number of hydrogen-bond acceptors (Lipinski definition) is 4. The van der Waals surface area contributed by atoms with Crippen LogP contribution in [-0.4, -0.2) is 24.1 Å². The van der Waals surface area contributed by atoms with E-state index in [1.165, 1.54) is 7.11 Å². The molecule has 18 heavy (non-hydrogen) atoms. The highest BCUT2D eigenvalue weighted by Crippen LogP contribution is 2.17. The van der Waals surface area contributed by atoms with Gasteiger partial charge < -0.3 is 10.1 Å². The molecule has 0 bridgehead atoms. The molecule has 2 unspecified atom stereocenters. The van der Waals surface area contributed by atoms with E-state index in [-0.39, 0.29) is 12.0 Å². The van der Waals surface area contributed by atoms with E-state index in [1.54, 1.807) is 18.3 Å². The first-order valence-electron chi connectivity index (χ1n) is 6.38. The van der Waals surface area contributed by atoms with E-state index < -0.39 is 0 Å². The third-order valence-electron chi connectivity index (χ3n) is 3.05. The molecular weight excluding hydrogens is 228 g/mol. The third kappa shape index (κ3) is 4.02. The maximum Gasteiger partial charge on any atom is 0.341 e. The number of esters is 1. The van der Waals surface area contributed by atoms with Crippen molar-refractivity contribution in [2.75, 3.05) is 12.4 Å². The molecule has 1 aromatic rings. The zero-order valence-electron chi connectivity index (χ0n) is 11.6. The summed E-state index contributed by atoms with van der Waals surface area (Å²) in [5.41, 5.74) is 0.482. The van der Waals surface area contributed by atoms with Crippen molar-refractivity contribution in [2.24, 2.45) is 5.92 Å². The van der Waals surface area contributed by atoms with Gasteiger partial charge in [-0.15, -0.1) is 0 Å². The maximum absolute atomic E-state index is 11.6. The van der Waals surface area contributed by atoms with Crippen molar-refractivity contribution in [1.82, 2.24) is 4.98 Å². The quantitative estimate of drug-likeness (QED) is 0.788. The number of nitrogens with zero attached hydrogens (tertiary/aromatic N) is 1. The average molecular weight is 250 g/mol. The summed E-state index contributed by atoms with van der Waals surface area (Å²) in [5.74, 6) is 0.888. The summed E-state index contributed by atoms with van der Waals surface area (Å²) in [5, 5.41) is 3.28. The largest absolute Gasteiger partial charge is 0.465 e. The summed E-state index contributed by atoms with van der Waals surface area (Å²) in [6, 6.07) is 3.73. The molecule has 0 aliphatic rings. The van der Waals surface area contributed by atoms with Crippen LogP contribution in [0.1, 0.15) is 44.0 Å². The van der Waals surface area contributed by atoms with Gasteiger partial charge in [-0.05, 0) is 31.4 Å². The van der Waals surface area contributed by atoms with Crippen molar-refractivity contribution in [1.29, 1.82) is 0 Å². The van der Waals surface area contributed by atoms with Crippen LogP contribution in [0.2, 0.25) is 0 Å². The summed E-state index contributed by atoms with van der Waals surface area (Å²) < 4.78 is 4.74. The lowest BCUT2D eigenvalue weighted by molar-refractivity contribution is 0.0601. The number of nitrogens with one attached hydrogen (secondary N) is 1. The minimum absolute atomic E-state index is 0.276. The Morgan fingerprint density at radius 3 is 2.83 bits per heavy atom. The van der Waals surface area contributed by atoms with Crippen molar-refractivity contribution in [3.05, 3.63) is 23.9 Å². The van der Waals surface area contributed by atoms with Gasteiger partial charge in [0.25, 0.3) is 0 Å². The molecule has 1 rings (SSSR count). The van der Waals surface area contributed by atoms with E-state index in [0.29, 0.717) is 17.3 Å². The standard InChI is InChI=1S/C14H22N2O2/c1-5-10(2)9-11(3)16-13-12(14(17)18-4)7-6-8-15-13/h6-8,10-11H,5,9H2,1-4H3,(H,15,16). The molecule has 0 fully saturated rings. The summed E-state index contributed by atoms with van der Waals surface area (Å²) >= 11 is 0. The predicted octanol–water partition coefficient (Wildman–Crippen LogP) is 3.10. The smallest absolute Gasteiger partial charge is 0.341 e. The molecule has 0 spiro atoms. The monoisotopic (exact) mass is 250 g/mol. The highest BCUT2D eigenvalue weighted by Gasteiger charge is 2.15. The van der Waals surface area contributed by atoms with Crippen LogP contribution >= 0.6 is 0 Å². The lowest BCUT2D eigenvalue weighted by Gasteiger charge is -2.19. The number of ether oxygens (including phenoxy) is 1. The molecule has 0 aliphatic carbocycles. The Bertz CT molecular complexity index is 393. The fourth-order valence-corrected chi connectivity index (χ4v) is 1.86. The van der Waals surface area contributed by atoms with E-state index in [4.69, 9.17) is 4.74 Å². The normalized spacial score (nSPS) is 13.8. The van der Waals surface area contributed by atoms with Gasteiger partial charge in [-0.2, -0.15) is 0 Å². The summed E-state index contributed by atoms with van der Waals surface area (Å²) in [7, 11) is 1.38. The highest BCUT2D eigenvalue weighted by atomic mass is 16.5. The van der Waals surface area contributed by atoms with Gasteiger partial charge >= 0.3 is 5.97 Å². The highest BCUT2D eigenvalue weighted by molar-refractivity contribution is 5.94. The van der Waals surface area contributed by atoms with Gasteiger partial charge in [0, 0.05) is 12.2 Å². The van der Waals surface area contributed by atoms with Crippen molar-refractivity contribution in [3.8, 4) is 0 Å². The second-order valence-electron chi connectivity index (χ2n) is 4.69. The summed E-state index contributed by atoms with van der Waals surface area (Å²) in [6.45, 7) is 6.50. The number of rotatable bonds is 6. The van der Waals surface area contributed by atoms with Crippen LogP contribution in [0.25, 0.3) is 0 Å². The Hall–Kier alpha value is -1.58. The number of anilines is 1. The van der Waals surface area contributed by atoms with Crippen LogP contribution < -0.4 is 5.32 Å². The van der Waals surface area contributed by atoms with E-state index in [0.717, 1.165) is 12.8 Å². The second-order valence-corrected chi connectivity index (χ2v) is 4.69. The minimum atomic E-state index is -0.360. The van der Waals surface area contributed by atoms with E-state index in [1.807, 2.05) is 0 Å². The Balaban J connectivity index is 2.74. The molecule has 4 nitrogen and oxygen atoms in total. The minimum Gasteiger partial charge on any atom is -0.465 e. The molecule has 2 atom stereocenters. The van der Waals surface area contributed by atoms with Crippen molar-refractivity contribution in [3.63, 3.8) is 0 Å². The van der Waals surface area contributed by atoms with E-state index >= 15 is 0 Å². The predicted molar refractivity (Wildman–Crippen MR) is 72.7 cm³/mol. The second kappa shape index (κ2) is 6.99. The molecular formula is C14H22N2O2. The van der Waals surface area contributed by atoms with Crippen molar-refractivity contribution in [2.45, 2.75) is 39.7 Å². The van der Waals surface area contributed by atoms with Crippen LogP contribution in [0.4, 0.5) is 5.82 Å². The first kappa shape index (κ1) is 14.5. The Labute approximate surface area is 109 Å². The van der Waals surface area contributed by atoms with Gasteiger partial charge in [0.2, 0.25) is 0 Å². The number of carbonyl (C=O) groups is 1. The van der Waals surface area contributed by atoms with Crippen LogP contribution in [0.3, 0.4) is 0 Å².